The summed E-state index contributed by atoms with van der Waals surface area (Å²) in [5.41, 5.74) is 0.684. The van der Waals surface area contributed by atoms with E-state index in [1.807, 2.05) is 6.07 Å². The molecule has 0 unspecified atom stereocenters. The maximum absolute atomic E-state index is 12.2. The van der Waals surface area contributed by atoms with Crippen LogP contribution in [0, 0.1) is 0 Å². The molecule has 144 valence electrons. The Morgan fingerprint density at radius 3 is 2.48 bits per heavy atom. The molecule has 0 saturated carbocycles. The van der Waals surface area contributed by atoms with Crippen molar-refractivity contribution in [2.75, 3.05) is 31.9 Å². The molecule has 0 saturated heterocycles. The van der Waals surface area contributed by atoms with E-state index in [1.54, 1.807) is 45.4 Å². The van der Waals surface area contributed by atoms with Gasteiger partial charge in [0, 0.05) is 10.6 Å². The van der Waals surface area contributed by atoms with Crippen LogP contribution in [0.2, 0.25) is 5.02 Å². The van der Waals surface area contributed by atoms with E-state index in [9.17, 15) is 9.59 Å². The molecule has 0 radical (unpaired) electrons. The van der Waals surface area contributed by atoms with Gasteiger partial charge in [-0.1, -0.05) is 11.6 Å². The van der Waals surface area contributed by atoms with Crippen molar-refractivity contribution in [1.29, 1.82) is 0 Å². The van der Waals surface area contributed by atoms with E-state index in [0.29, 0.717) is 17.2 Å². The van der Waals surface area contributed by atoms with E-state index >= 15 is 0 Å². The van der Waals surface area contributed by atoms with Gasteiger partial charge in [-0.15, -0.1) is 11.8 Å². The van der Waals surface area contributed by atoms with Crippen LogP contribution in [0.15, 0.2) is 41.3 Å². The summed E-state index contributed by atoms with van der Waals surface area (Å²) in [6.07, 6.45) is 0. The van der Waals surface area contributed by atoms with Crippen molar-refractivity contribution >= 4 is 40.9 Å². The van der Waals surface area contributed by atoms with Gasteiger partial charge in [0.1, 0.15) is 0 Å². The summed E-state index contributed by atoms with van der Waals surface area (Å²) in [6, 6.07) is 10.1. The molecule has 0 aliphatic carbocycles. The molecule has 0 aliphatic rings. The van der Waals surface area contributed by atoms with E-state index in [2.05, 4.69) is 5.32 Å². The molecule has 0 aromatic heterocycles. The van der Waals surface area contributed by atoms with Crippen molar-refractivity contribution < 1.29 is 23.8 Å². The molecule has 2 rings (SSSR count). The van der Waals surface area contributed by atoms with Crippen LogP contribution in [-0.4, -0.2) is 38.5 Å². The van der Waals surface area contributed by atoms with Crippen molar-refractivity contribution in [3.8, 4) is 11.5 Å². The molecule has 1 N–H and O–H groups in total. The zero-order valence-electron chi connectivity index (χ0n) is 15.2. The standard InChI is InChI=1S/C19H20ClNO5S/c1-4-26-19(23)14-9-12(5-7-15(14)20)21-18(22)11-27-13-6-8-16(24-2)17(10-13)25-3/h5-10H,4,11H2,1-3H3,(H,21,22). The first kappa shape index (κ1) is 20.9. The second-order valence-electron chi connectivity index (χ2n) is 5.27. The Morgan fingerprint density at radius 2 is 1.81 bits per heavy atom. The van der Waals surface area contributed by atoms with Gasteiger partial charge in [-0.25, -0.2) is 4.79 Å². The summed E-state index contributed by atoms with van der Waals surface area (Å²) in [4.78, 5) is 25.0. The highest BCUT2D eigenvalue weighted by Crippen LogP contribution is 2.32. The fraction of sp³-hybridized carbons (Fsp3) is 0.263. The van der Waals surface area contributed by atoms with Crippen LogP contribution in [0.4, 0.5) is 5.69 Å². The second-order valence-corrected chi connectivity index (χ2v) is 6.72. The number of ether oxygens (including phenoxy) is 3. The van der Waals surface area contributed by atoms with Gasteiger partial charge in [0.25, 0.3) is 0 Å². The topological polar surface area (TPSA) is 73.9 Å². The highest BCUT2D eigenvalue weighted by atomic mass is 35.5. The van der Waals surface area contributed by atoms with Crippen LogP contribution in [0.1, 0.15) is 17.3 Å². The summed E-state index contributed by atoms with van der Waals surface area (Å²) < 4.78 is 15.4. The van der Waals surface area contributed by atoms with Crippen LogP contribution < -0.4 is 14.8 Å². The lowest BCUT2D eigenvalue weighted by molar-refractivity contribution is -0.113. The fourth-order valence-electron chi connectivity index (χ4n) is 2.22. The maximum Gasteiger partial charge on any atom is 0.339 e. The molecule has 6 nitrogen and oxygen atoms in total. The molecule has 2 aromatic rings. The number of rotatable bonds is 8. The summed E-state index contributed by atoms with van der Waals surface area (Å²) >= 11 is 7.37. The highest BCUT2D eigenvalue weighted by Gasteiger charge is 2.14. The van der Waals surface area contributed by atoms with Crippen LogP contribution in [-0.2, 0) is 9.53 Å². The Labute approximate surface area is 167 Å². The molecule has 0 spiro atoms. The molecule has 1 amide bonds. The molecular weight excluding hydrogens is 390 g/mol. The molecule has 8 heteroatoms. The van der Waals surface area contributed by atoms with Crippen molar-refractivity contribution in [3.63, 3.8) is 0 Å². The normalized spacial score (nSPS) is 10.2. The maximum atomic E-state index is 12.2. The average molecular weight is 410 g/mol. The summed E-state index contributed by atoms with van der Waals surface area (Å²) in [5, 5.41) is 3.02. The number of carbonyl (C=O) groups is 2. The highest BCUT2D eigenvalue weighted by molar-refractivity contribution is 8.00. The van der Waals surface area contributed by atoms with Crippen LogP contribution in [0.3, 0.4) is 0 Å². The Hall–Kier alpha value is -2.38. The monoisotopic (exact) mass is 409 g/mol. The van der Waals surface area contributed by atoms with Gasteiger partial charge in [-0.2, -0.15) is 0 Å². The lowest BCUT2D eigenvalue weighted by Crippen LogP contribution is -2.15. The van der Waals surface area contributed by atoms with Gasteiger partial charge < -0.3 is 19.5 Å². The van der Waals surface area contributed by atoms with Gasteiger partial charge in [0.2, 0.25) is 5.91 Å². The average Bonchev–Trinajstić information content (AvgIpc) is 2.67. The summed E-state index contributed by atoms with van der Waals surface area (Å²) in [6.45, 7) is 1.95. The van der Waals surface area contributed by atoms with E-state index < -0.39 is 5.97 Å². The largest absolute Gasteiger partial charge is 0.493 e. The number of amides is 1. The SMILES string of the molecule is CCOC(=O)c1cc(NC(=O)CSc2ccc(OC)c(OC)c2)ccc1Cl. The van der Waals surface area contributed by atoms with Crippen LogP contribution >= 0.6 is 23.4 Å². The molecular formula is C19H20ClNO5S. The number of hydrogen-bond acceptors (Lipinski definition) is 6. The smallest absolute Gasteiger partial charge is 0.339 e. The number of benzene rings is 2. The quantitative estimate of drug-likeness (QED) is 0.518. The number of carbonyl (C=O) groups excluding carboxylic acids is 2. The first-order chi connectivity index (χ1) is 13.0. The number of methoxy groups -OCH3 is 2. The van der Waals surface area contributed by atoms with Crippen LogP contribution in [0.5, 0.6) is 11.5 Å². The first-order valence-corrected chi connectivity index (χ1v) is 9.46. The van der Waals surface area contributed by atoms with Crippen molar-refractivity contribution in [2.45, 2.75) is 11.8 Å². The number of halogens is 1. The van der Waals surface area contributed by atoms with Crippen LogP contribution in [0.25, 0.3) is 0 Å². The zero-order valence-corrected chi connectivity index (χ0v) is 16.8. The van der Waals surface area contributed by atoms with Gasteiger partial charge in [-0.3, -0.25) is 4.79 Å². The van der Waals surface area contributed by atoms with Gasteiger partial charge >= 0.3 is 5.97 Å². The molecule has 0 heterocycles. The molecule has 0 atom stereocenters. The summed E-state index contributed by atoms with van der Waals surface area (Å²) in [5.74, 6) is 0.663. The van der Waals surface area contributed by atoms with Crippen molar-refractivity contribution in [1.82, 2.24) is 0 Å². The fourth-order valence-corrected chi connectivity index (χ4v) is 3.14. The third kappa shape index (κ3) is 5.80. The second kappa shape index (κ2) is 10.1. The Balaban J connectivity index is 2.00. The predicted octanol–water partition coefficient (Wildman–Crippen LogP) is 4.26. The molecule has 2 aromatic carbocycles. The van der Waals surface area contributed by atoms with Gasteiger partial charge in [0.05, 0.1) is 37.2 Å². The lowest BCUT2D eigenvalue weighted by Gasteiger charge is -2.10. The van der Waals surface area contributed by atoms with Crippen molar-refractivity contribution in [3.05, 3.63) is 47.0 Å². The summed E-state index contributed by atoms with van der Waals surface area (Å²) in [7, 11) is 3.12. The van der Waals surface area contributed by atoms with E-state index in [0.717, 1.165) is 4.90 Å². The third-order valence-electron chi connectivity index (χ3n) is 3.47. The van der Waals surface area contributed by atoms with E-state index in [1.165, 1.54) is 17.8 Å². The molecule has 0 aliphatic heterocycles. The molecule has 0 bridgehead atoms. The Bertz CT molecular complexity index is 828. The minimum absolute atomic E-state index is 0.187. The first-order valence-electron chi connectivity index (χ1n) is 8.09. The predicted molar refractivity (Wildman–Crippen MR) is 106 cm³/mol. The van der Waals surface area contributed by atoms with Gasteiger partial charge in [-0.05, 0) is 43.3 Å². The van der Waals surface area contributed by atoms with E-state index in [-0.39, 0.29) is 28.9 Å². The number of esters is 1. The number of nitrogens with one attached hydrogen (secondary N) is 1. The minimum Gasteiger partial charge on any atom is -0.493 e. The zero-order chi connectivity index (χ0) is 19.8. The minimum atomic E-state index is -0.529. The molecule has 27 heavy (non-hydrogen) atoms. The van der Waals surface area contributed by atoms with Crippen molar-refractivity contribution in [2.24, 2.45) is 0 Å². The Kier molecular flexibility index (Phi) is 7.82. The van der Waals surface area contributed by atoms with E-state index in [4.69, 9.17) is 25.8 Å². The molecule has 0 fully saturated rings. The lowest BCUT2D eigenvalue weighted by atomic mass is 10.2. The number of thioether (sulfide) groups is 1. The Morgan fingerprint density at radius 1 is 1.07 bits per heavy atom. The number of hydrogen-bond donors (Lipinski definition) is 1. The van der Waals surface area contributed by atoms with Gasteiger partial charge in [0.15, 0.2) is 11.5 Å². The number of anilines is 1. The third-order valence-corrected chi connectivity index (χ3v) is 4.79.